The fourth-order valence-electron chi connectivity index (χ4n) is 2.51. The number of carbonyl (C=O) groups excluding carboxylic acids is 1. The van der Waals surface area contributed by atoms with Crippen LogP contribution in [0.2, 0.25) is 0 Å². The predicted octanol–water partition coefficient (Wildman–Crippen LogP) is 1.42. The Labute approximate surface area is 129 Å². The topological polar surface area (TPSA) is 102 Å². The number of benzene rings is 1. The van der Waals surface area contributed by atoms with Gasteiger partial charge in [0.05, 0.1) is 10.5 Å². The number of nitrogens with zero attached hydrogens (tertiary/aromatic N) is 2. The molecule has 0 aromatic heterocycles. The summed E-state index contributed by atoms with van der Waals surface area (Å²) in [5, 5.41) is 14.1. The van der Waals surface area contributed by atoms with E-state index in [-0.39, 0.29) is 47.3 Å². The molecule has 7 nitrogen and oxygen atoms in total. The lowest BCUT2D eigenvalue weighted by Crippen LogP contribution is -2.55. The molecule has 0 saturated carbocycles. The molecule has 1 fully saturated rings. The third kappa shape index (κ3) is 3.83. The summed E-state index contributed by atoms with van der Waals surface area (Å²) in [5.74, 6) is -0.258. The highest BCUT2D eigenvalue weighted by molar-refractivity contribution is 5.99. The Morgan fingerprint density at radius 3 is 2.48 bits per heavy atom. The quantitative estimate of drug-likeness (QED) is 0.488. The third-order valence-corrected chi connectivity index (χ3v) is 3.32. The fraction of sp³-hybridized carbons (Fsp3) is 0.462. The van der Waals surface area contributed by atoms with Gasteiger partial charge in [-0.1, -0.05) is 0 Å². The van der Waals surface area contributed by atoms with E-state index >= 15 is 0 Å². The molecule has 1 amide bonds. The number of anilines is 1. The monoisotopic (exact) mass is 314 g/mol. The number of hydrogen-bond donors (Lipinski definition) is 2. The van der Waals surface area contributed by atoms with Gasteiger partial charge in [-0.05, 0) is 19.9 Å². The van der Waals surface area contributed by atoms with Crippen molar-refractivity contribution in [2.45, 2.75) is 25.9 Å². The number of nitro groups is 1. The summed E-state index contributed by atoms with van der Waals surface area (Å²) in [4.78, 5) is 24.4. The molecule has 3 N–H and O–H groups in total. The molecule has 0 aliphatic carbocycles. The van der Waals surface area contributed by atoms with Crippen LogP contribution < -0.4 is 11.1 Å². The van der Waals surface area contributed by atoms with Gasteiger partial charge in [-0.25, -0.2) is 0 Å². The van der Waals surface area contributed by atoms with E-state index in [4.69, 9.17) is 5.73 Å². The zero-order chi connectivity index (χ0) is 14.9. The van der Waals surface area contributed by atoms with Crippen LogP contribution in [0.4, 0.5) is 11.4 Å². The molecule has 1 aromatic carbocycles. The summed E-state index contributed by atoms with van der Waals surface area (Å²) in [6, 6.07) is 4.31. The van der Waals surface area contributed by atoms with E-state index in [0.29, 0.717) is 13.1 Å². The van der Waals surface area contributed by atoms with E-state index in [1.54, 1.807) is 4.90 Å². The van der Waals surface area contributed by atoms with Crippen LogP contribution in [0.5, 0.6) is 0 Å². The van der Waals surface area contributed by atoms with Gasteiger partial charge in [0.1, 0.15) is 0 Å². The van der Waals surface area contributed by atoms with E-state index in [0.717, 1.165) is 0 Å². The standard InChI is InChI=1S/C13H18N4O3.ClH/c1-8-6-16(7-9(2)15-8)13(18)11-5-10(17(19)20)3-4-12(11)14;/h3-5,8-9,15H,6-7,14H2,1-2H3;1H. The van der Waals surface area contributed by atoms with Crippen molar-refractivity contribution in [1.29, 1.82) is 0 Å². The molecule has 2 unspecified atom stereocenters. The van der Waals surface area contributed by atoms with Gasteiger partial charge in [0.2, 0.25) is 0 Å². The van der Waals surface area contributed by atoms with Crippen molar-refractivity contribution in [3.8, 4) is 0 Å². The Kier molecular flexibility index (Phi) is 5.51. The van der Waals surface area contributed by atoms with Gasteiger partial charge in [0.15, 0.2) is 0 Å². The van der Waals surface area contributed by atoms with Crippen LogP contribution in [-0.4, -0.2) is 40.9 Å². The van der Waals surface area contributed by atoms with Crippen LogP contribution >= 0.6 is 12.4 Å². The van der Waals surface area contributed by atoms with Crippen molar-refractivity contribution >= 4 is 29.7 Å². The van der Waals surface area contributed by atoms with E-state index in [9.17, 15) is 14.9 Å². The molecular formula is C13H19ClN4O3. The number of hydrogen-bond acceptors (Lipinski definition) is 5. The molecule has 2 atom stereocenters. The number of rotatable bonds is 2. The molecule has 8 heteroatoms. The maximum atomic E-state index is 12.5. The molecule has 0 spiro atoms. The largest absolute Gasteiger partial charge is 0.398 e. The number of nitrogens with two attached hydrogens (primary N) is 1. The van der Waals surface area contributed by atoms with Crippen LogP contribution in [0.15, 0.2) is 18.2 Å². The van der Waals surface area contributed by atoms with Crippen LogP contribution in [-0.2, 0) is 0 Å². The Bertz CT molecular complexity index is 542. The molecule has 116 valence electrons. The summed E-state index contributed by atoms with van der Waals surface area (Å²) < 4.78 is 0. The minimum atomic E-state index is -0.529. The smallest absolute Gasteiger partial charge is 0.270 e. The SMILES string of the molecule is CC1CN(C(=O)c2cc([N+](=O)[O-])ccc2N)CC(C)N1.Cl. The molecule has 0 bridgehead atoms. The first-order valence-electron chi connectivity index (χ1n) is 6.47. The Hall–Kier alpha value is -1.86. The van der Waals surface area contributed by atoms with Gasteiger partial charge < -0.3 is 16.0 Å². The van der Waals surface area contributed by atoms with Crippen LogP contribution in [0, 0.1) is 10.1 Å². The molecule has 0 radical (unpaired) electrons. The number of amides is 1. The molecule has 1 aliphatic heterocycles. The number of nitrogens with one attached hydrogen (secondary N) is 1. The second kappa shape index (κ2) is 6.73. The Morgan fingerprint density at radius 1 is 1.38 bits per heavy atom. The summed E-state index contributed by atoms with van der Waals surface area (Å²) in [5.41, 5.74) is 6.11. The number of carbonyl (C=O) groups is 1. The molecular weight excluding hydrogens is 296 g/mol. The first-order chi connectivity index (χ1) is 9.38. The van der Waals surface area contributed by atoms with Crippen LogP contribution in [0.1, 0.15) is 24.2 Å². The minimum absolute atomic E-state index is 0. The zero-order valence-electron chi connectivity index (χ0n) is 11.9. The average Bonchev–Trinajstić information content (AvgIpc) is 2.37. The predicted molar refractivity (Wildman–Crippen MR) is 82.7 cm³/mol. The first kappa shape index (κ1) is 17.2. The third-order valence-electron chi connectivity index (χ3n) is 3.32. The van der Waals surface area contributed by atoms with E-state index in [1.165, 1.54) is 18.2 Å². The Balaban J connectivity index is 0.00000220. The molecule has 1 heterocycles. The van der Waals surface area contributed by atoms with Crippen molar-refractivity contribution in [3.63, 3.8) is 0 Å². The van der Waals surface area contributed by atoms with Gasteiger partial charge in [0, 0.05) is 43.0 Å². The van der Waals surface area contributed by atoms with E-state index in [2.05, 4.69) is 5.32 Å². The van der Waals surface area contributed by atoms with E-state index < -0.39 is 4.92 Å². The second-order valence-electron chi connectivity index (χ2n) is 5.21. The van der Waals surface area contributed by atoms with Gasteiger partial charge >= 0.3 is 0 Å². The molecule has 2 rings (SSSR count). The summed E-state index contributed by atoms with van der Waals surface area (Å²) in [7, 11) is 0. The summed E-state index contributed by atoms with van der Waals surface area (Å²) in [6.07, 6.45) is 0. The molecule has 1 saturated heterocycles. The number of nitro benzene ring substituents is 1. The maximum Gasteiger partial charge on any atom is 0.270 e. The fourth-order valence-corrected chi connectivity index (χ4v) is 2.51. The first-order valence-corrected chi connectivity index (χ1v) is 6.47. The van der Waals surface area contributed by atoms with Crippen molar-refractivity contribution < 1.29 is 9.72 Å². The van der Waals surface area contributed by atoms with Crippen LogP contribution in [0.3, 0.4) is 0 Å². The highest BCUT2D eigenvalue weighted by Crippen LogP contribution is 2.22. The number of non-ortho nitro benzene ring substituents is 1. The normalized spacial score (nSPS) is 21.5. The number of piperazine rings is 1. The lowest BCUT2D eigenvalue weighted by atomic mass is 10.1. The molecule has 1 aliphatic rings. The van der Waals surface area contributed by atoms with Gasteiger partial charge in [-0.2, -0.15) is 0 Å². The van der Waals surface area contributed by atoms with E-state index in [1.807, 2.05) is 13.8 Å². The van der Waals surface area contributed by atoms with Gasteiger partial charge in [-0.15, -0.1) is 12.4 Å². The maximum absolute atomic E-state index is 12.5. The number of halogens is 1. The zero-order valence-corrected chi connectivity index (χ0v) is 12.7. The van der Waals surface area contributed by atoms with Crippen molar-refractivity contribution in [2.24, 2.45) is 0 Å². The van der Waals surface area contributed by atoms with Crippen molar-refractivity contribution in [3.05, 3.63) is 33.9 Å². The van der Waals surface area contributed by atoms with Crippen LogP contribution in [0.25, 0.3) is 0 Å². The summed E-state index contributed by atoms with van der Waals surface area (Å²) >= 11 is 0. The second-order valence-corrected chi connectivity index (χ2v) is 5.21. The minimum Gasteiger partial charge on any atom is -0.398 e. The Morgan fingerprint density at radius 2 is 1.95 bits per heavy atom. The summed E-state index contributed by atoms with van der Waals surface area (Å²) in [6.45, 7) is 5.11. The van der Waals surface area contributed by atoms with Crippen molar-refractivity contribution in [2.75, 3.05) is 18.8 Å². The molecule has 21 heavy (non-hydrogen) atoms. The average molecular weight is 315 g/mol. The highest BCUT2D eigenvalue weighted by Gasteiger charge is 2.27. The van der Waals surface area contributed by atoms with Gasteiger partial charge in [-0.3, -0.25) is 14.9 Å². The lowest BCUT2D eigenvalue weighted by molar-refractivity contribution is -0.384. The lowest BCUT2D eigenvalue weighted by Gasteiger charge is -2.36. The van der Waals surface area contributed by atoms with Gasteiger partial charge in [0.25, 0.3) is 11.6 Å². The number of nitrogen functional groups attached to an aromatic ring is 1. The molecule has 1 aromatic rings. The van der Waals surface area contributed by atoms with Crippen molar-refractivity contribution in [1.82, 2.24) is 10.2 Å². The highest BCUT2D eigenvalue weighted by atomic mass is 35.5.